The number of nitrogens with two attached hydrogens (primary N) is 1. The lowest BCUT2D eigenvalue weighted by Crippen LogP contribution is -2.58. The number of nitrogens with one attached hydrogen (secondary N) is 3. The monoisotopic (exact) mass is 450 g/mol. The molecule has 12 nitrogen and oxygen atoms in total. The summed E-state index contributed by atoms with van der Waals surface area (Å²) in [6.45, 7) is 2.94. The topological polar surface area (TPSA) is 208 Å². The third-order valence-corrected chi connectivity index (χ3v) is 4.32. The zero-order valence-electron chi connectivity index (χ0n) is 16.8. The number of rotatable bonds is 14. The van der Waals surface area contributed by atoms with E-state index in [0.717, 1.165) is 0 Å². The van der Waals surface area contributed by atoms with E-state index in [4.69, 9.17) is 15.9 Å². The van der Waals surface area contributed by atoms with Gasteiger partial charge in [0.25, 0.3) is 0 Å². The van der Waals surface area contributed by atoms with Crippen molar-refractivity contribution >= 4 is 42.3 Å². The van der Waals surface area contributed by atoms with E-state index in [1.54, 1.807) is 13.8 Å². The number of aliphatic carboxylic acids is 2. The van der Waals surface area contributed by atoms with Crippen LogP contribution in [-0.2, 0) is 24.0 Å². The summed E-state index contributed by atoms with van der Waals surface area (Å²) in [6, 6.07) is -4.96. The lowest BCUT2D eigenvalue weighted by Gasteiger charge is -2.25. The van der Waals surface area contributed by atoms with Gasteiger partial charge in [0.1, 0.15) is 24.2 Å². The molecule has 3 amide bonds. The summed E-state index contributed by atoms with van der Waals surface area (Å²) in [5.41, 5.74) is 5.39. The molecule has 0 bridgehead atoms. The number of hydrogen-bond acceptors (Lipinski definition) is 8. The van der Waals surface area contributed by atoms with Gasteiger partial charge in [-0.15, -0.1) is 0 Å². The van der Waals surface area contributed by atoms with E-state index < -0.39 is 66.9 Å². The standard InChI is InChI=1S/C17H30N4O8S/c1-8(2)5-11(15(26)19-10(17(28)29)3-4-13(23)24)20-16(27)12(7-30)21-14(25)9(18)6-22/h8-12,22,30H,3-7,18H2,1-2H3,(H,19,26)(H,20,27)(H,21,25)(H,23,24)(H,28,29). The van der Waals surface area contributed by atoms with Gasteiger partial charge in [0, 0.05) is 12.2 Å². The van der Waals surface area contributed by atoms with Crippen molar-refractivity contribution in [3.05, 3.63) is 0 Å². The molecule has 0 aliphatic heterocycles. The van der Waals surface area contributed by atoms with Gasteiger partial charge >= 0.3 is 11.9 Å². The van der Waals surface area contributed by atoms with Crippen molar-refractivity contribution in [1.29, 1.82) is 0 Å². The third kappa shape index (κ3) is 10.4. The summed E-state index contributed by atoms with van der Waals surface area (Å²) >= 11 is 3.99. The van der Waals surface area contributed by atoms with E-state index in [-0.39, 0.29) is 24.5 Å². The van der Waals surface area contributed by atoms with Crippen molar-refractivity contribution in [2.24, 2.45) is 11.7 Å². The maximum absolute atomic E-state index is 12.6. The van der Waals surface area contributed by atoms with Crippen LogP contribution in [-0.4, -0.2) is 81.5 Å². The molecule has 0 aromatic heterocycles. The first kappa shape index (κ1) is 27.6. The van der Waals surface area contributed by atoms with Crippen LogP contribution >= 0.6 is 12.6 Å². The molecular formula is C17H30N4O8S. The highest BCUT2D eigenvalue weighted by molar-refractivity contribution is 7.80. The van der Waals surface area contributed by atoms with Crippen molar-refractivity contribution in [3.63, 3.8) is 0 Å². The predicted octanol–water partition coefficient (Wildman–Crippen LogP) is -2.31. The number of carbonyl (C=O) groups excluding carboxylic acids is 3. The van der Waals surface area contributed by atoms with Crippen LogP contribution in [0, 0.1) is 5.92 Å². The van der Waals surface area contributed by atoms with Crippen LogP contribution in [0.5, 0.6) is 0 Å². The number of aliphatic hydroxyl groups is 1. The largest absolute Gasteiger partial charge is 0.481 e. The van der Waals surface area contributed by atoms with Crippen LogP contribution in [0.4, 0.5) is 0 Å². The first-order valence-electron chi connectivity index (χ1n) is 9.25. The molecule has 0 saturated heterocycles. The minimum atomic E-state index is -1.44. The van der Waals surface area contributed by atoms with E-state index >= 15 is 0 Å². The fraction of sp³-hybridized carbons (Fsp3) is 0.706. The Balaban J connectivity index is 5.25. The molecule has 13 heteroatoms. The minimum Gasteiger partial charge on any atom is -0.481 e. The highest BCUT2D eigenvalue weighted by Crippen LogP contribution is 2.08. The summed E-state index contributed by atoms with van der Waals surface area (Å²) in [5, 5.41) is 33.8. The molecule has 30 heavy (non-hydrogen) atoms. The van der Waals surface area contributed by atoms with Gasteiger partial charge in [0.2, 0.25) is 17.7 Å². The molecule has 0 aliphatic rings. The molecule has 4 unspecified atom stereocenters. The number of amides is 3. The number of thiol groups is 1. The Kier molecular flexibility index (Phi) is 12.7. The molecule has 0 fully saturated rings. The molecular weight excluding hydrogens is 420 g/mol. The van der Waals surface area contributed by atoms with Crippen molar-refractivity contribution in [2.45, 2.75) is 57.3 Å². The van der Waals surface area contributed by atoms with Crippen molar-refractivity contribution < 1.29 is 39.3 Å². The third-order valence-electron chi connectivity index (χ3n) is 3.95. The Morgan fingerprint density at radius 2 is 1.40 bits per heavy atom. The second-order valence-electron chi connectivity index (χ2n) is 7.06. The lowest BCUT2D eigenvalue weighted by molar-refractivity contribution is -0.143. The van der Waals surface area contributed by atoms with Gasteiger partial charge in [-0.05, 0) is 18.8 Å². The first-order valence-corrected chi connectivity index (χ1v) is 9.89. The molecule has 8 N–H and O–H groups in total. The van der Waals surface area contributed by atoms with Crippen molar-refractivity contribution in [1.82, 2.24) is 16.0 Å². The maximum Gasteiger partial charge on any atom is 0.326 e. The predicted molar refractivity (Wildman–Crippen MR) is 109 cm³/mol. The molecule has 0 radical (unpaired) electrons. The van der Waals surface area contributed by atoms with Crippen molar-refractivity contribution in [3.8, 4) is 0 Å². The highest BCUT2D eigenvalue weighted by Gasteiger charge is 2.30. The van der Waals surface area contributed by atoms with E-state index in [2.05, 4.69) is 28.6 Å². The number of aliphatic hydroxyl groups excluding tert-OH is 1. The zero-order chi connectivity index (χ0) is 23.4. The van der Waals surface area contributed by atoms with Crippen LogP contribution in [0.1, 0.15) is 33.1 Å². The van der Waals surface area contributed by atoms with Gasteiger partial charge in [0.05, 0.1) is 6.61 Å². The fourth-order valence-electron chi connectivity index (χ4n) is 2.33. The molecule has 0 saturated carbocycles. The smallest absolute Gasteiger partial charge is 0.326 e. The van der Waals surface area contributed by atoms with Crippen LogP contribution in [0.25, 0.3) is 0 Å². The average Bonchev–Trinajstić information content (AvgIpc) is 2.66. The second-order valence-corrected chi connectivity index (χ2v) is 7.42. The summed E-state index contributed by atoms with van der Waals surface area (Å²) in [5.74, 6) is -5.13. The molecule has 0 rings (SSSR count). The first-order chi connectivity index (χ1) is 13.9. The molecule has 0 aromatic carbocycles. The molecule has 0 aliphatic carbocycles. The number of carboxylic acids is 2. The van der Waals surface area contributed by atoms with Gasteiger partial charge in [-0.2, -0.15) is 12.6 Å². The summed E-state index contributed by atoms with van der Waals surface area (Å²) < 4.78 is 0. The Morgan fingerprint density at radius 1 is 0.900 bits per heavy atom. The lowest BCUT2D eigenvalue weighted by atomic mass is 10.0. The second kappa shape index (κ2) is 13.8. The molecule has 0 heterocycles. The minimum absolute atomic E-state index is 0.0600. The summed E-state index contributed by atoms with van der Waals surface area (Å²) in [6.07, 6.45) is -0.628. The molecule has 0 aromatic rings. The van der Waals surface area contributed by atoms with E-state index in [1.807, 2.05) is 0 Å². The van der Waals surface area contributed by atoms with Gasteiger partial charge in [0.15, 0.2) is 0 Å². The van der Waals surface area contributed by atoms with Crippen LogP contribution in [0.15, 0.2) is 0 Å². The molecule has 0 spiro atoms. The number of carboxylic acid groups (broad SMARTS) is 2. The van der Waals surface area contributed by atoms with Gasteiger partial charge in [-0.3, -0.25) is 19.2 Å². The molecule has 4 atom stereocenters. The van der Waals surface area contributed by atoms with Gasteiger partial charge in [-0.1, -0.05) is 13.8 Å². The Labute approximate surface area is 179 Å². The number of carbonyl (C=O) groups is 5. The normalized spacial score (nSPS) is 14.9. The summed E-state index contributed by atoms with van der Waals surface area (Å²) in [4.78, 5) is 58.8. The Morgan fingerprint density at radius 3 is 1.83 bits per heavy atom. The average molecular weight is 451 g/mol. The van der Waals surface area contributed by atoms with Gasteiger partial charge in [-0.25, -0.2) is 4.79 Å². The van der Waals surface area contributed by atoms with E-state index in [9.17, 15) is 29.1 Å². The zero-order valence-corrected chi connectivity index (χ0v) is 17.7. The van der Waals surface area contributed by atoms with E-state index in [1.165, 1.54) is 0 Å². The molecule has 172 valence electrons. The van der Waals surface area contributed by atoms with Crippen LogP contribution < -0.4 is 21.7 Å². The SMILES string of the molecule is CC(C)CC(NC(=O)C(CS)NC(=O)C(N)CO)C(=O)NC(CCC(=O)O)C(=O)O. The highest BCUT2D eigenvalue weighted by atomic mass is 32.1. The fourth-order valence-corrected chi connectivity index (χ4v) is 2.59. The van der Waals surface area contributed by atoms with Crippen LogP contribution in [0.3, 0.4) is 0 Å². The van der Waals surface area contributed by atoms with Crippen LogP contribution in [0.2, 0.25) is 0 Å². The Bertz CT molecular complexity index is 631. The van der Waals surface area contributed by atoms with E-state index in [0.29, 0.717) is 0 Å². The Hall–Kier alpha value is -2.38. The maximum atomic E-state index is 12.6. The van der Waals surface area contributed by atoms with Gasteiger partial charge < -0.3 is 37.0 Å². The van der Waals surface area contributed by atoms with Crippen molar-refractivity contribution in [2.75, 3.05) is 12.4 Å². The quantitative estimate of drug-likeness (QED) is 0.133. The number of hydrogen-bond donors (Lipinski definition) is 8. The summed E-state index contributed by atoms with van der Waals surface area (Å²) in [7, 11) is 0.